The van der Waals surface area contributed by atoms with Crippen molar-refractivity contribution in [2.75, 3.05) is 45.2 Å². The van der Waals surface area contributed by atoms with E-state index >= 15 is 0 Å². The van der Waals surface area contributed by atoms with Gasteiger partial charge in [0.25, 0.3) is 0 Å². The Labute approximate surface area is 137 Å². The molecule has 2 rings (SSSR count). The normalized spacial score (nSPS) is 13.4. The van der Waals surface area contributed by atoms with Gasteiger partial charge in [0.15, 0.2) is 0 Å². The van der Waals surface area contributed by atoms with Gasteiger partial charge in [0, 0.05) is 62.8 Å². The van der Waals surface area contributed by atoms with Crippen LogP contribution in [0.2, 0.25) is 0 Å². The van der Waals surface area contributed by atoms with Gasteiger partial charge in [-0.25, -0.2) is 0 Å². The smallest absolute Gasteiger partial charge is 0.0447 e. The lowest BCUT2D eigenvalue weighted by atomic mass is 10.0. The first kappa shape index (κ1) is 20.3. The van der Waals surface area contributed by atoms with E-state index in [4.69, 9.17) is 0 Å². The number of benzene rings is 1. The molecule has 1 aliphatic rings. The molecular formula is C19H33N3. The number of nitrogens with one attached hydrogen (secondary N) is 1. The van der Waals surface area contributed by atoms with E-state index in [0.29, 0.717) is 0 Å². The average Bonchev–Trinajstić information content (AvgIpc) is 2.55. The highest BCUT2D eigenvalue weighted by molar-refractivity contribution is 5.79. The highest BCUT2D eigenvalue weighted by Gasteiger charge is 2.16. The quantitative estimate of drug-likeness (QED) is 0.909. The Morgan fingerprint density at radius 3 is 2.32 bits per heavy atom. The van der Waals surface area contributed by atoms with Crippen molar-refractivity contribution < 1.29 is 0 Å². The second-order valence-corrected chi connectivity index (χ2v) is 5.02. The molecule has 3 nitrogen and oxygen atoms in total. The van der Waals surface area contributed by atoms with E-state index in [1.54, 1.807) is 0 Å². The molecule has 0 unspecified atom stereocenters. The van der Waals surface area contributed by atoms with E-state index < -0.39 is 0 Å². The molecule has 124 valence electrons. The Kier molecular flexibility index (Phi) is 9.27. The zero-order valence-corrected chi connectivity index (χ0v) is 13.9. The zero-order chi connectivity index (χ0) is 15.8. The lowest BCUT2D eigenvalue weighted by molar-refractivity contribution is 0.587. The summed E-state index contributed by atoms with van der Waals surface area (Å²) in [5.41, 5.74) is 4.63. The van der Waals surface area contributed by atoms with Crippen LogP contribution in [0.1, 0.15) is 32.4 Å². The number of nitrogens with zero attached hydrogens (tertiary/aromatic N) is 2. The number of hydrogen-bond acceptors (Lipinski definition) is 3. The molecule has 0 radical (unpaired) electrons. The Bertz CT molecular complexity index is 472. The van der Waals surface area contributed by atoms with Crippen LogP contribution < -0.4 is 10.2 Å². The fraction of sp³-hybridized carbons (Fsp3) is 0.474. The van der Waals surface area contributed by atoms with Crippen LogP contribution in [0.5, 0.6) is 0 Å². The van der Waals surface area contributed by atoms with Crippen LogP contribution in [0.15, 0.2) is 31.4 Å². The van der Waals surface area contributed by atoms with Crippen molar-refractivity contribution in [3.63, 3.8) is 0 Å². The summed E-state index contributed by atoms with van der Waals surface area (Å²) in [5.74, 6) is 0. The highest BCUT2D eigenvalue weighted by Crippen LogP contribution is 2.30. The number of hydrogen-bond donors (Lipinski definition) is 1. The van der Waals surface area contributed by atoms with Gasteiger partial charge in [-0.2, -0.15) is 0 Å². The lowest BCUT2D eigenvalue weighted by Gasteiger charge is -2.32. The standard InChI is InChI=1S/C16H23N3.C2H6.CH4/c1-5-14-15(13(2)18(3)4)7-6-8-16(14)19-11-9-17-10-12-19;1-2;/h5-8,17H,1-2,9-12H2,3-4H3;1-2H3;1H4. The van der Waals surface area contributed by atoms with E-state index in [0.717, 1.165) is 37.4 Å². The molecule has 0 bridgehead atoms. The zero-order valence-electron chi connectivity index (χ0n) is 13.9. The van der Waals surface area contributed by atoms with Gasteiger partial charge in [0.1, 0.15) is 0 Å². The second kappa shape index (κ2) is 10.1. The van der Waals surface area contributed by atoms with E-state index in [1.165, 1.54) is 11.3 Å². The van der Waals surface area contributed by atoms with Crippen LogP contribution in [-0.4, -0.2) is 45.2 Å². The van der Waals surface area contributed by atoms with Gasteiger partial charge < -0.3 is 15.1 Å². The first-order valence-corrected chi connectivity index (χ1v) is 7.73. The molecule has 1 heterocycles. The van der Waals surface area contributed by atoms with E-state index in [1.807, 2.05) is 38.9 Å². The SMILES string of the molecule is C.C=Cc1c(C(=C)N(C)C)cccc1N1CCNCC1.CC. The molecule has 1 N–H and O–H groups in total. The fourth-order valence-corrected chi connectivity index (χ4v) is 2.44. The van der Waals surface area contributed by atoms with E-state index in [-0.39, 0.29) is 7.43 Å². The monoisotopic (exact) mass is 303 g/mol. The van der Waals surface area contributed by atoms with Crippen LogP contribution in [-0.2, 0) is 0 Å². The van der Waals surface area contributed by atoms with Crippen LogP contribution in [0, 0.1) is 0 Å². The Balaban J connectivity index is 0.00000141. The molecule has 1 fully saturated rings. The Morgan fingerprint density at radius 2 is 1.82 bits per heavy atom. The minimum absolute atomic E-state index is 0. The van der Waals surface area contributed by atoms with Crippen molar-refractivity contribution in [3.8, 4) is 0 Å². The molecule has 0 amide bonds. The first-order valence-electron chi connectivity index (χ1n) is 7.73. The predicted octanol–water partition coefficient (Wildman–Crippen LogP) is 3.93. The third kappa shape index (κ3) is 4.63. The third-order valence-electron chi connectivity index (χ3n) is 3.60. The van der Waals surface area contributed by atoms with Crippen LogP contribution >= 0.6 is 0 Å². The number of piperazine rings is 1. The van der Waals surface area contributed by atoms with Gasteiger partial charge >= 0.3 is 0 Å². The van der Waals surface area contributed by atoms with Crippen molar-refractivity contribution in [2.24, 2.45) is 0 Å². The summed E-state index contributed by atoms with van der Waals surface area (Å²) >= 11 is 0. The van der Waals surface area contributed by atoms with Crippen molar-refractivity contribution in [1.82, 2.24) is 10.2 Å². The summed E-state index contributed by atoms with van der Waals surface area (Å²) < 4.78 is 0. The van der Waals surface area contributed by atoms with Crippen LogP contribution in [0.4, 0.5) is 5.69 Å². The molecule has 0 saturated carbocycles. The van der Waals surface area contributed by atoms with Gasteiger partial charge in [-0.3, -0.25) is 0 Å². The first-order chi connectivity index (χ1) is 10.1. The molecule has 1 saturated heterocycles. The maximum absolute atomic E-state index is 4.17. The highest BCUT2D eigenvalue weighted by atomic mass is 15.2. The van der Waals surface area contributed by atoms with Crippen molar-refractivity contribution in [2.45, 2.75) is 21.3 Å². The minimum atomic E-state index is 0. The van der Waals surface area contributed by atoms with Gasteiger partial charge in [0.05, 0.1) is 0 Å². The molecule has 0 spiro atoms. The largest absolute Gasteiger partial charge is 0.378 e. The number of anilines is 1. The predicted molar refractivity (Wildman–Crippen MR) is 102 cm³/mol. The van der Waals surface area contributed by atoms with Crippen molar-refractivity contribution in [3.05, 3.63) is 42.5 Å². The van der Waals surface area contributed by atoms with Crippen molar-refractivity contribution >= 4 is 17.5 Å². The Morgan fingerprint density at radius 1 is 1.23 bits per heavy atom. The molecule has 0 atom stereocenters. The number of rotatable bonds is 4. The molecular weight excluding hydrogens is 270 g/mol. The van der Waals surface area contributed by atoms with Gasteiger partial charge in [-0.1, -0.05) is 52.6 Å². The summed E-state index contributed by atoms with van der Waals surface area (Å²) in [4.78, 5) is 4.46. The van der Waals surface area contributed by atoms with Gasteiger partial charge in [-0.15, -0.1) is 0 Å². The topological polar surface area (TPSA) is 18.5 Å². The van der Waals surface area contributed by atoms with E-state index in [9.17, 15) is 0 Å². The van der Waals surface area contributed by atoms with E-state index in [2.05, 4.69) is 41.6 Å². The fourth-order valence-electron chi connectivity index (χ4n) is 2.44. The maximum Gasteiger partial charge on any atom is 0.0447 e. The minimum Gasteiger partial charge on any atom is -0.378 e. The summed E-state index contributed by atoms with van der Waals surface area (Å²) in [6.07, 6.45) is 1.95. The maximum atomic E-state index is 4.17. The molecule has 0 aliphatic carbocycles. The second-order valence-electron chi connectivity index (χ2n) is 5.02. The molecule has 1 aromatic carbocycles. The lowest BCUT2D eigenvalue weighted by Crippen LogP contribution is -2.43. The molecule has 3 heteroatoms. The van der Waals surface area contributed by atoms with Gasteiger partial charge in [0.2, 0.25) is 0 Å². The third-order valence-corrected chi connectivity index (χ3v) is 3.60. The molecule has 1 aromatic rings. The molecule has 22 heavy (non-hydrogen) atoms. The molecule has 0 aromatic heterocycles. The van der Waals surface area contributed by atoms with Crippen molar-refractivity contribution in [1.29, 1.82) is 0 Å². The van der Waals surface area contributed by atoms with Crippen LogP contribution in [0.3, 0.4) is 0 Å². The average molecular weight is 303 g/mol. The van der Waals surface area contributed by atoms with Gasteiger partial charge in [-0.05, 0) is 6.07 Å². The summed E-state index contributed by atoms with van der Waals surface area (Å²) in [6, 6.07) is 6.40. The molecule has 1 aliphatic heterocycles. The summed E-state index contributed by atoms with van der Waals surface area (Å²) in [6.45, 7) is 16.3. The Hall–Kier alpha value is -1.74. The van der Waals surface area contributed by atoms with Crippen LogP contribution in [0.25, 0.3) is 11.8 Å². The summed E-state index contributed by atoms with van der Waals surface area (Å²) in [5, 5.41) is 3.38. The summed E-state index contributed by atoms with van der Waals surface area (Å²) in [7, 11) is 4.04.